The van der Waals surface area contributed by atoms with E-state index >= 15 is 0 Å². The van der Waals surface area contributed by atoms with Crippen molar-refractivity contribution in [3.63, 3.8) is 0 Å². The Morgan fingerprint density at radius 3 is 2.79 bits per heavy atom. The predicted molar refractivity (Wildman–Crippen MR) is 68.5 cm³/mol. The minimum Gasteiger partial charge on any atom is -0.444 e. The number of ether oxygens (including phenoxy) is 1. The first-order valence-corrected chi connectivity index (χ1v) is 6.42. The summed E-state index contributed by atoms with van der Waals surface area (Å²) in [5.41, 5.74) is 4.93. The van der Waals surface area contributed by atoms with Crippen LogP contribution in [0.25, 0.3) is 0 Å². The van der Waals surface area contributed by atoms with Gasteiger partial charge in [0, 0.05) is 13.1 Å². The van der Waals surface area contributed by atoms with Gasteiger partial charge in [0.1, 0.15) is 5.60 Å². The third kappa shape index (κ3) is 3.59. The third-order valence-corrected chi connectivity index (χ3v) is 2.88. The molecular formula is C12H20N4O3. The van der Waals surface area contributed by atoms with E-state index in [0.717, 1.165) is 12.8 Å². The highest BCUT2D eigenvalue weighted by molar-refractivity contribution is 5.68. The molecule has 1 aromatic rings. The topological polar surface area (TPSA) is 94.5 Å². The molecule has 0 aromatic carbocycles. The molecule has 1 fully saturated rings. The number of rotatable bonds is 1. The molecular weight excluding hydrogens is 248 g/mol. The van der Waals surface area contributed by atoms with Gasteiger partial charge in [-0.3, -0.25) is 0 Å². The first kappa shape index (κ1) is 13.6. The van der Waals surface area contributed by atoms with E-state index in [1.54, 1.807) is 4.90 Å². The van der Waals surface area contributed by atoms with Gasteiger partial charge in [-0.2, -0.15) is 0 Å². The van der Waals surface area contributed by atoms with Crippen molar-refractivity contribution >= 4 is 12.1 Å². The van der Waals surface area contributed by atoms with E-state index < -0.39 is 5.60 Å². The second-order valence-corrected chi connectivity index (χ2v) is 5.74. The van der Waals surface area contributed by atoms with Gasteiger partial charge in [0.15, 0.2) is 0 Å². The zero-order valence-corrected chi connectivity index (χ0v) is 11.5. The molecule has 1 atom stereocenters. The maximum atomic E-state index is 12.0. The lowest BCUT2D eigenvalue weighted by Crippen LogP contribution is -2.42. The van der Waals surface area contributed by atoms with Crippen molar-refractivity contribution in [2.75, 3.05) is 18.8 Å². The van der Waals surface area contributed by atoms with Crippen LogP contribution in [-0.2, 0) is 4.74 Å². The monoisotopic (exact) mass is 268 g/mol. The highest BCUT2D eigenvalue weighted by Crippen LogP contribution is 2.27. The maximum absolute atomic E-state index is 12.0. The Balaban J connectivity index is 1.99. The number of anilines is 1. The van der Waals surface area contributed by atoms with E-state index in [-0.39, 0.29) is 18.0 Å². The van der Waals surface area contributed by atoms with Gasteiger partial charge in [0.25, 0.3) is 0 Å². The number of piperidine rings is 1. The summed E-state index contributed by atoms with van der Waals surface area (Å²) in [5.74, 6) is 0.525. The largest absolute Gasteiger partial charge is 0.444 e. The lowest BCUT2D eigenvalue weighted by molar-refractivity contribution is 0.0191. The normalized spacial score (nSPS) is 20.4. The summed E-state index contributed by atoms with van der Waals surface area (Å²) in [4.78, 5) is 13.7. The van der Waals surface area contributed by atoms with Crippen molar-refractivity contribution in [3.8, 4) is 0 Å². The Bertz CT molecular complexity index is 452. The Hall–Kier alpha value is -1.79. The number of hydrogen-bond acceptors (Lipinski definition) is 6. The van der Waals surface area contributed by atoms with Crippen LogP contribution in [0.1, 0.15) is 45.4 Å². The van der Waals surface area contributed by atoms with Crippen LogP contribution in [0, 0.1) is 0 Å². The summed E-state index contributed by atoms with van der Waals surface area (Å²) in [5, 5.41) is 7.53. The fourth-order valence-corrected chi connectivity index (χ4v) is 2.08. The van der Waals surface area contributed by atoms with Crippen molar-refractivity contribution < 1.29 is 13.9 Å². The number of aromatic nitrogens is 2. The zero-order valence-electron chi connectivity index (χ0n) is 11.5. The number of hydrogen-bond donors (Lipinski definition) is 1. The van der Waals surface area contributed by atoms with Gasteiger partial charge < -0.3 is 19.8 Å². The number of nitrogens with two attached hydrogens (primary N) is 1. The molecule has 1 saturated heterocycles. The third-order valence-electron chi connectivity index (χ3n) is 2.88. The van der Waals surface area contributed by atoms with Crippen LogP contribution in [0.3, 0.4) is 0 Å². The molecule has 0 spiro atoms. The molecule has 106 valence electrons. The van der Waals surface area contributed by atoms with E-state index in [2.05, 4.69) is 10.2 Å². The SMILES string of the molecule is CC(C)(C)OC(=O)N1CCCC(c2nnc(N)o2)C1. The Morgan fingerprint density at radius 1 is 1.47 bits per heavy atom. The molecule has 0 bridgehead atoms. The van der Waals surface area contributed by atoms with E-state index in [1.807, 2.05) is 20.8 Å². The van der Waals surface area contributed by atoms with Gasteiger partial charge in [-0.25, -0.2) is 4.79 Å². The lowest BCUT2D eigenvalue weighted by Gasteiger charge is -2.32. The van der Waals surface area contributed by atoms with Crippen LogP contribution in [0.5, 0.6) is 0 Å². The molecule has 2 heterocycles. The Morgan fingerprint density at radius 2 is 2.21 bits per heavy atom. The summed E-state index contributed by atoms with van der Waals surface area (Å²) < 4.78 is 10.6. The zero-order chi connectivity index (χ0) is 14.0. The van der Waals surface area contributed by atoms with Crippen LogP contribution in [0.4, 0.5) is 10.8 Å². The molecule has 19 heavy (non-hydrogen) atoms. The van der Waals surface area contributed by atoms with Crippen molar-refractivity contribution in [3.05, 3.63) is 5.89 Å². The first-order chi connectivity index (χ1) is 8.85. The smallest absolute Gasteiger partial charge is 0.410 e. The van der Waals surface area contributed by atoms with Crippen LogP contribution in [-0.4, -0.2) is 39.9 Å². The standard InChI is InChI=1S/C12H20N4O3/c1-12(2,3)19-11(17)16-6-4-5-8(7-16)9-14-15-10(13)18-9/h8H,4-7H2,1-3H3,(H2,13,15). The van der Waals surface area contributed by atoms with Crippen molar-refractivity contribution in [2.45, 2.75) is 45.1 Å². The van der Waals surface area contributed by atoms with Gasteiger partial charge in [-0.15, -0.1) is 5.10 Å². The van der Waals surface area contributed by atoms with Crippen LogP contribution < -0.4 is 5.73 Å². The number of carbonyl (C=O) groups excluding carboxylic acids is 1. The molecule has 1 unspecified atom stereocenters. The minimum atomic E-state index is -0.487. The molecule has 0 aliphatic carbocycles. The van der Waals surface area contributed by atoms with Gasteiger partial charge >= 0.3 is 12.1 Å². The molecule has 0 saturated carbocycles. The molecule has 1 aliphatic heterocycles. The molecule has 1 aromatic heterocycles. The van der Waals surface area contributed by atoms with Crippen LogP contribution in [0.2, 0.25) is 0 Å². The van der Waals surface area contributed by atoms with Gasteiger partial charge in [-0.1, -0.05) is 5.10 Å². The summed E-state index contributed by atoms with van der Waals surface area (Å²) >= 11 is 0. The van der Waals surface area contributed by atoms with E-state index in [0.29, 0.717) is 19.0 Å². The average molecular weight is 268 g/mol. The summed E-state index contributed by atoms with van der Waals surface area (Å²) in [6, 6.07) is 0.0596. The van der Waals surface area contributed by atoms with Crippen LogP contribution in [0.15, 0.2) is 4.42 Å². The fourth-order valence-electron chi connectivity index (χ4n) is 2.08. The highest BCUT2D eigenvalue weighted by atomic mass is 16.6. The number of amides is 1. The van der Waals surface area contributed by atoms with Gasteiger partial charge in [0.2, 0.25) is 5.89 Å². The highest BCUT2D eigenvalue weighted by Gasteiger charge is 2.30. The van der Waals surface area contributed by atoms with Gasteiger partial charge in [-0.05, 0) is 33.6 Å². The molecule has 7 heteroatoms. The minimum absolute atomic E-state index is 0.0334. The second kappa shape index (κ2) is 5.07. The van der Waals surface area contributed by atoms with Crippen molar-refractivity contribution in [1.29, 1.82) is 0 Å². The quantitative estimate of drug-likeness (QED) is 0.834. The average Bonchev–Trinajstić information content (AvgIpc) is 2.74. The Kier molecular flexibility index (Phi) is 3.64. The van der Waals surface area contributed by atoms with E-state index in [4.69, 9.17) is 14.9 Å². The molecule has 0 radical (unpaired) electrons. The first-order valence-electron chi connectivity index (χ1n) is 6.42. The molecule has 2 rings (SSSR count). The van der Waals surface area contributed by atoms with Gasteiger partial charge in [0.05, 0.1) is 5.92 Å². The molecule has 1 amide bonds. The number of likely N-dealkylation sites (tertiary alicyclic amines) is 1. The second-order valence-electron chi connectivity index (χ2n) is 5.74. The fraction of sp³-hybridized carbons (Fsp3) is 0.750. The summed E-state index contributed by atoms with van der Waals surface area (Å²) in [6.07, 6.45) is 1.48. The van der Waals surface area contributed by atoms with Crippen molar-refractivity contribution in [1.82, 2.24) is 15.1 Å². The molecule has 2 N–H and O–H groups in total. The van der Waals surface area contributed by atoms with E-state index in [1.165, 1.54) is 0 Å². The summed E-state index contributed by atoms with van der Waals surface area (Å²) in [6.45, 7) is 6.77. The molecule has 7 nitrogen and oxygen atoms in total. The Labute approximate surface area is 112 Å². The summed E-state index contributed by atoms with van der Waals surface area (Å²) in [7, 11) is 0. The number of nitrogen functional groups attached to an aromatic ring is 1. The number of carbonyl (C=O) groups is 1. The van der Waals surface area contributed by atoms with Crippen molar-refractivity contribution in [2.24, 2.45) is 0 Å². The lowest BCUT2D eigenvalue weighted by atomic mass is 9.98. The molecule has 1 aliphatic rings. The maximum Gasteiger partial charge on any atom is 0.410 e. The number of nitrogens with zero attached hydrogens (tertiary/aromatic N) is 3. The van der Waals surface area contributed by atoms with Crippen LogP contribution >= 0.6 is 0 Å². The predicted octanol–water partition coefficient (Wildman–Crippen LogP) is 1.77. The van der Waals surface area contributed by atoms with E-state index in [9.17, 15) is 4.79 Å².